The highest BCUT2D eigenvalue weighted by Gasteiger charge is 1.74. The van der Waals surface area contributed by atoms with Gasteiger partial charge in [0.1, 0.15) is 0 Å². The number of rotatable bonds is 8. The standard InChI is InChI=1S/2C6H11N.2ClH/c2*1-3-5-7-6-4-2;;/h2*3-4,7H,1-2,5-6H2;2*1H. The smallest absolute Gasteiger partial charge is 0.0942 e. The van der Waals surface area contributed by atoms with Gasteiger partial charge in [-0.2, -0.15) is 0 Å². The van der Waals surface area contributed by atoms with Crippen molar-refractivity contribution in [2.45, 2.75) is 0 Å². The maximum absolute atomic E-state index is 3.57. The van der Waals surface area contributed by atoms with E-state index in [0.29, 0.717) is 0 Å². The summed E-state index contributed by atoms with van der Waals surface area (Å²) in [4.78, 5) is 0. The molecule has 96 valence electrons. The molecule has 0 heterocycles. The SMILES string of the molecule is C=CC[NH2+]CC=C.C=CC[NH2+]CC=C.[Cl-].[Cl-]. The van der Waals surface area contributed by atoms with Crippen LogP contribution in [0.2, 0.25) is 0 Å². The summed E-state index contributed by atoms with van der Waals surface area (Å²) in [6.45, 7) is 18.2. The van der Waals surface area contributed by atoms with E-state index >= 15 is 0 Å². The van der Waals surface area contributed by atoms with E-state index in [1.807, 2.05) is 24.3 Å². The molecule has 0 unspecified atom stereocenters. The molecule has 0 fully saturated rings. The summed E-state index contributed by atoms with van der Waals surface area (Å²) in [5.74, 6) is 0. The Morgan fingerprint density at radius 1 is 0.562 bits per heavy atom. The second-order valence-corrected chi connectivity index (χ2v) is 2.67. The van der Waals surface area contributed by atoms with E-state index in [1.165, 1.54) is 0 Å². The average molecular weight is 267 g/mol. The Labute approximate surface area is 112 Å². The molecular formula is C12H24Cl2N2. The second kappa shape index (κ2) is 29.3. The number of hydrogen-bond acceptors (Lipinski definition) is 0. The molecule has 4 N–H and O–H groups in total. The van der Waals surface area contributed by atoms with E-state index in [4.69, 9.17) is 0 Å². The predicted molar refractivity (Wildman–Crippen MR) is 64.1 cm³/mol. The molecule has 2 nitrogen and oxygen atoms in total. The molecule has 0 atom stereocenters. The normalized spacial score (nSPS) is 7.00. The third-order valence-corrected chi connectivity index (χ3v) is 1.33. The summed E-state index contributed by atoms with van der Waals surface area (Å²) in [7, 11) is 0. The van der Waals surface area contributed by atoms with Gasteiger partial charge in [-0.1, -0.05) is 26.3 Å². The molecule has 0 aromatic rings. The van der Waals surface area contributed by atoms with E-state index in [-0.39, 0.29) is 24.8 Å². The van der Waals surface area contributed by atoms with E-state index in [2.05, 4.69) is 36.9 Å². The monoisotopic (exact) mass is 266 g/mol. The molecule has 0 aromatic heterocycles. The lowest BCUT2D eigenvalue weighted by molar-refractivity contribution is -0.637. The molecule has 0 rings (SSSR count). The Kier molecular flexibility index (Phi) is 45.0. The van der Waals surface area contributed by atoms with Crippen LogP contribution >= 0.6 is 0 Å². The summed E-state index contributed by atoms with van der Waals surface area (Å²) in [5, 5.41) is 4.25. The fourth-order valence-corrected chi connectivity index (χ4v) is 0.664. The van der Waals surface area contributed by atoms with Crippen molar-refractivity contribution in [1.82, 2.24) is 0 Å². The van der Waals surface area contributed by atoms with Crippen LogP contribution < -0.4 is 35.4 Å². The Morgan fingerprint density at radius 2 is 0.750 bits per heavy atom. The van der Waals surface area contributed by atoms with Crippen LogP contribution in [0.15, 0.2) is 50.6 Å². The van der Waals surface area contributed by atoms with Gasteiger partial charge in [0.25, 0.3) is 0 Å². The fourth-order valence-electron chi connectivity index (χ4n) is 0.664. The van der Waals surface area contributed by atoms with Crippen molar-refractivity contribution in [2.75, 3.05) is 26.2 Å². The first-order valence-corrected chi connectivity index (χ1v) is 4.90. The Bertz CT molecular complexity index is 125. The van der Waals surface area contributed by atoms with Crippen LogP contribution in [-0.4, -0.2) is 26.2 Å². The van der Waals surface area contributed by atoms with Crippen LogP contribution in [-0.2, 0) is 0 Å². The first-order chi connectivity index (χ1) is 6.83. The molecule has 0 aromatic carbocycles. The lowest BCUT2D eigenvalue weighted by atomic mass is 10.5. The minimum atomic E-state index is 0. The summed E-state index contributed by atoms with van der Waals surface area (Å²) in [6.07, 6.45) is 7.51. The first-order valence-electron chi connectivity index (χ1n) is 4.90. The number of hydrogen-bond donors (Lipinski definition) is 2. The Morgan fingerprint density at radius 3 is 0.875 bits per heavy atom. The van der Waals surface area contributed by atoms with Gasteiger partial charge in [0.05, 0.1) is 26.2 Å². The Balaban J connectivity index is -0.0000000800. The summed E-state index contributed by atoms with van der Waals surface area (Å²) in [5.41, 5.74) is 0. The Hall–Kier alpha value is -0.540. The first kappa shape index (κ1) is 24.6. The fraction of sp³-hybridized carbons (Fsp3) is 0.333. The van der Waals surface area contributed by atoms with Crippen LogP contribution in [0.3, 0.4) is 0 Å². The van der Waals surface area contributed by atoms with Gasteiger partial charge in [-0.3, -0.25) is 0 Å². The lowest BCUT2D eigenvalue weighted by Gasteiger charge is -1.86. The zero-order valence-electron chi connectivity index (χ0n) is 9.88. The van der Waals surface area contributed by atoms with E-state index in [0.717, 1.165) is 26.2 Å². The summed E-state index contributed by atoms with van der Waals surface area (Å²) >= 11 is 0. The van der Waals surface area contributed by atoms with Crippen LogP contribution in [0.5, 0.6) is 0 Å². The molecular weight excluding hydrogens is 243 g/mol. The van der Waals surface area contributed by atoms with Gasteiger partial charge in [-0.05, 0) is 24.3 Å². The molecule has 0 aliphatic rings. The third-order valence-electron chi connectivity index (χ3n) is 1.33. The molecule has 0 saturated carbocycles. The molecule has 0 spiro atoms. The minimum absolute atomic E-state index is 0. The highest BCUT2D eigenvalue weighted by atomic mass is 35.5. The van der Waals surface area contributed by atoms with Crippen molar-refractivity contribution in [3.8, 4) is 0 Å². The number of quaternary nitrogens is 2. The van der Waals surface area contributed by atoms with Gasteiger partial charge in [0.15, 0.2) is 0 Å². The number of halogens is 2. The van der Waals surface area contributed by atoms with Crippen molar-refractivity contribution in [2.24, 2.45) is 0 Å². The highest BCUT2D eigenvalue weighted by Crippen LogP contribution is 1.47. The van der Waals surface area contributed by atoms with Crippen molar-refractivity contribution in [1.29, 1.82) is 0 Å². The lowest BCUT2D eigenvalue weighted by Crippen LogP contribution is -3.00. The van der Waals surface area contributed by atoms with Crippen molar-refractivity contribution in [3.63, 3.8) is 0 Å². The van der Waals surface area contributed by atoms with Crippen LogP contribution in [0, 0.1) is 0 Å². The van der Waals surface area contributed by atoms with E-state index in [9.17, 15) is 0 Å². The van der Waals surface area contributed by atoms with Crippen LogP contribution in [0.25, 0.3) is 0 Å². The van der Waals surface area contributed by atoms with Crippen molar-refractivity contribution < 1.29 is 35.4 Å². The van der Waals surface area contributed by atoms with Gasteiger partial charge in [0, 0.05) is 0 Å². The quantitative estimate of drug-likeness (QED) is 0.324. The highest BCUT2D eigenvalue weighted by molar-refractivity contribution is 4.65. The van der Waals surface area contributed by atoms with Crippen molar-refractivity contribution >= 4 is 0 Å². The molecule has 0 aliphatic carbocycles. The molecule has 0 bridgehead atoms. The van der Waals surface area contributed by atoms with Gasteiger partial charge >= 0.3 is 0 Å². The zero-order chi connectivity index (χ0) is 11.1. The van der Waals surface area contributed by atoms with Gasteiger partial charge < -0.3 is 35.4 Å². The topological polar surface area (TPSA) is 33.2 Å². The van der Waals surface area contributed by atoms with Gasteiger partial charge in [-0.15, -0.1) is 0 Å². The summed E-state index contributed by atoms with van der Waals surface area (Å²) in [6, 6.07) is 0. The largest absolute Gasteiger partial charge is 1.00 e. The zero-order valence-corrected chi connectivity index (χ0v) is 11.4. The van der Waals surface area contributed by atoms with Crippen molar-refractivity contribution in [3.05, 3.63) is 50.6 Å². The molecule has 0 radical (unpaired) electrons. The van der Waals surface area contributed by atoms with Gasteiger partial charge in [-0.25, -0.2) is 0 Å². The van der Waals surface area contributed by atoms with Crippen LogP contribution in [0.4, 0.5) is 0 Å². The van der Waals surface area contributed by atoms with E-state index in [1.54, 1.807) is 0 Å². The molecule has 0 aliphatic heterocycles. The second-order valence-electron chi connectivity index (χ2n) is 2.67. The molecule has 4 heteroatoms. The third kappa shape index (κ3) is 37.5. The number of nitrogens with two attached hydrogens (primary N) is 2. The maximum Gasteiger partial charge on any atom is 0.0942 e. The van der Waals surface area contributed by atoms with Gasteiger partial charge in [0.2, 0.25) is 0 Å². The molecule has 16 heavy (non-hydrogen) atoms. The molecule has 0 amide bonds. The average Bonchev–Trinajstić information content (AvgIpc) is 2.21. The molecule has 0 saturated heterocycles. The maximum atomic E-state index is 3.57. The summed E-state index contributed by atoms with van der Waals surface area (Å²) < 4.78 is 0. The van der Waals surface area contributed by atoms with E-state index < -0.39 is 0 Å². The predicted octanol–water partition coefficient (Wildman–Crippen LogP) is -6.15. The van der Waals surface area contributed by atoms with Crippen LogP contribution in [0.1, 0.15) is 0 Å². The minimum Gasteiger partial charge on any atom is -1.00 e.